The number of methoxy groups -OCH3 is 1. The molecule has 5 heteroatoms. The summed E-state index contributed by atoms with van der Waals surface area (Å²) in [6.45, 7) is 4.45. The van der Waals surface area contributed by atoms with Crippen LogP contribution in [0, 0.1) is 5.92 Å². The molecule has 2 aromatic rings. The molecule has 1 saturated carbocycles. The van der Waals surface area contributed by atoms with Crippen molar-refractivity contribution in [2.75, 3.05) is 33.3 Å². The zero-order valence-corrected chi connectivity index (χ0v) is 15.7. The molecule has 0 bridgehead atoms. The van der Waals surface area contributed by atoms with Crippen LogP contribution in [0.1, 0.15) is 24.4 Å². The van der Waals surface area contributed by atoms with Crippen LogP contribution in [0.15, 0.2) is 36.4 Å². The first-order chi connectivity index (χ1) is 10.9. The molecular weight excluding hydrogens is 343 g/mol. The molecule has 2 fully saturated rings. The van der Waals surface area contributed by atoms with Crippen molar-refractivity contribution in [3.8, 4) is 5.75 Å². The summed E-state index contributed by atoms with van der Waals surface area (Å²) in [4.78, 5) is 2.67. The highest BCUT2D eigenvalue weighted by Gasteiger charge is 2.39. The van der Waals surface area contributed by atoms with Crippen molar-refractivity contribution in [1.29, 1.82) is 0 Å². The Morgan fingerprint density at radius 2 is 1.75 bits per heavy atom. The van der Waals surface area contributed by atoms with Gasteiger partial charge in [-0.2, -0.15) is 0 Å². The molecule has 0 spiro atoms. The highest BCUT2D eigenvalue weighted by atomic mass is 35.5. The van der Waals surface area contributed by atoms with E-state index in [1.165, 1.54) is 29.2 Å². The molecule has 1 aliphatic heterocycles. The molecule has 24 heavy (non-hydrogen) atoms. The molecule has 1 heterocycles. The maximum atomic E-state index is 5.76. The van der Waals surface area contributed by atoms with Gasteiger partial charge in [-0.25, -0.2) is 0 Å². The normalized spacial score (nSPS) is 19.2. The number of benzene rings is 2. The van der Waals surface area contributed by atoms with Crippen molar-refractivity contribution in [1.82, 2.24) is 10.2 Å². The number of rotatable bonds is 4. The average molecular weight is 369 g/mol. The Balaban J connectivity index is 0.00000104. The molecule has 1 N–H and O–H groups in total. The van der Waals surface area contributed by atoms with Crippen LogP contribution >= 0.6 is 24.8 Å². The number of nitrogens with one attached hydrogen (secondary N) is 1. The molecule has 2 aliphatic rings. The van der Waals surface area contributed by atoms with E-state index in [1.54, 1.807) is 7.11 Å². The summed E-state index contributed by atoms with van der Waals surface area (Å²) in [7, 11) is 1.80. The van der Waals surface area contributed by atoms with Crippen LogP contribution < -0.4 is 10.1 Å². The number of hydrogen-bond donors (Lipinski definition) is 1. The van der Waals surface area contributed by atoms with Crippen molar-refractivity contribution in [3.05, 3.63) is 42.0 Å². The first-order valence-corrected chi connectivity index (χ1v) is 8.39. The van der Waals surface area contributed by atoms with E-state index in [4.69, 9.17) is 4.74 Å². The van der Waals surface area contributed by atoms with Crippen LogP contribution in [-0.2, 0) is 0 Å². The molecule has 3 nitrogen and oxygen atoms in total. The minimum atomic E-state index is 0. The fraction of sp³-hybridized carbons (Fsp3) is 0.474. The molecule has 1 aliphatic carbocycles. The van der Waals surface area contributed by atoms with Crippen molar-refractivity contribution >= 4 is 35.6 Å². The summed E-state index contributed by atoms with van der Waals surface area (Å²) in [5.41, 5.74) is 1.41. The van der Waals surface area contributed by atoms with Crippen LogP contribution in [0.25, 0.3) is 10.8 Å². The van der Waals surface area contributed by atoms with Gasteiger partial charge in [0.2, 0.25) is 0 Å². The Bertz CT molecular complexity index is 669. The first-order valence-electron chi connectivity index (χ1n) is 8.39. The molecule has 1 atom stereocenters. The van der Waals surface area contributed by atoms with Crippen molar-refractivity contribution < 1.29 is 4.74 Å². The zero-order chi connectivity index (χ0) is 14.9. The quantitative estimate of drug-likeness (QED) is 0.880. The lowest BCUT2D eigenvalue weighted by atomic mass is 9.93. The van der Waals surface area contributed by atoms with Gasteiger partial charge in [-0.1, -0.05) is 30.3 Å². The lowest BCUT2D eigenvalue weighted by molar-refractivity contribution is 0.154. The van der Waals surface area contributed by atoms with E-state index in [-0.39, 0.29) is 24.8 Å². The fourth-order valence-electron chi connectivity index (χ4n) is 3.85. The van der Waals surface area contributed by atoms with Crippen LogP contribution in [0.2, 0.25) is 0 Å². The van der Waals surface area contributed by atoms with E-state index in [0.29, 0.717) is 6.04 Å². The van der Waals surface area contributed by atoms with Crippen LogP contribution in [-0.4, -0.2) is 38.2 Å². The lowest BCUT2D eigenvalue weighted by Crippen LogP contribution is -2.45. The molecule has 4 rings (SSSR count). The summed E-state index contributed by atoms with van der Waals surface area (Å²) in [5.74, 6) is 1.84. The van der Waals surface area contributed by atoms with E-state index < -0.39 is 0 Å². The fourth-order valence-corrected chi connectivity index (χ4v) is 3.85. The molecule has 0 aromatic heterocycles. The maximum absolute atomic E-state index is 5.76. The summed E-state index contributed by atoms with van der Waals surface area (Å²) in [6.07, 6.45) is 2.70. The Labute approximate surface area is 156 Å². The van der Waals surface area contributed by atoms with Crippen LogP contribution in [0.3, 0.4) is 0 Å². The van der Waals surface area contributed by atoms with E-state index >= 15 is 0 Å². The zero-order valence-electron chi connectivity index (χ0n) is 14.0. The number of piperazine rings is 1. The Hall–Kier alpha value is -1.00. The molecular formula is C19H26Cl2N2O. The molecule has 0 unspecified atom stereocenters. The molecule has 1 saturated heterocycles. The first kappa shape index (κ1) is 19.3. The second kappa shape index (κ2) is 8.39. The van der Waals surface area contributed by atoms with Gasteiger partial charge >= 0.3 is 0 Å². The second-order valence-electron chi connectivity index (χ2n) is 6.47. The van der Waals surface area contributed by atoms with E-state index in [0.717, 1.165) is 37.8 Å². The SMILES string of the molecule is COc1ccc2ccccc2c1[C@@H](C1CC1)N1CCNCC1.Cl.Cl. The van der Waals surface area contributed by atoms with Gasteiger partial charge in [0, 0.05) is 37.8 Å². The van der Waals surface area contributed by atoms with Crippen LogP contribution in [0.4, 0.5) is 0 Å². The standard InChI is InChI=1S/C19H24N2O.2ClH/c1-22-17-9-8-14-4-2-3-5-16(14)18(17)19(15-6-7-15)21-12-10-20-11-13-21;;/h2-5,8-9,15,19-20H,6-7,10-13H2,1H3;2*1H/t19-;;/m1../s1. The van der Waals surface area contributed by atoms with E-state index in [2.05, 4.69) is 46.6 Å². The van der Waals surface area contributed by atoms with E-state index in [9.17, 15) is 0 Å². The lowest BCUT2D eigenvalue weighted by Gasteiger charge is -2.36. The van der Waals surface area contributed by atoms with E-state index in [1.807, 2.05) is 0 Å². The monoisotopic (exact) mass is 368 g/mol. The predicted octanol–water partition coefficient (Wildman–Crippen LogP) is 4.05. The van der Waals surface area contributed by atoms with Crippen LogP contribution in [0.5, 0.6) is 5.75 Å². The molecule has 132 valence electrons. The molecule has 0 amide bonds. The summed E-state index contributed by atoms with van der Waals surface area (Å²) < 4.78 is 5.76. The van der Waals surface area contributed by atoms with Crippen molar-refractivity contribution in [2.24, 2.45) is 5.92 Å². The molecule has 0 radical (unpaired) electrons. The second-order valence-corrected chi connectivity index (χ2v) is 6.47. The van der Waals surface area contributed by atoms with Gasteiger partial charge in [-0.3, -0.25) is 4.90 Å². The van der Waals surface area contributed by atoms with Crippen molar-refractivity contribution in [2.45, 2.75) is 18.9 Å². The van der Waals surface area contributed by atoms with Gasteiger partial charge in [-0.05, 0) is 35.6 Å². The van der Waals surface area contributed by atoms with Gasteiger partial charge in [0.1, 0.15) is 5.75 Å². The highest BCUT2D eigenvalue weighted by molar-refractivity contribution is 5.88. The highest BCUT2D eigenvalue weighted by Crippen LogP contribution is 2.49. The number of nitrogens with zero attached hydrogens (tertiary/aromatic N) is 1. The van der Waals surface area contributed by atoms with Gasteiger partial charge < -0.3 is 10.1 Å². The summed E-state index contributed by atoms with van der Waals surface area (Å²) in [5, 5.41) is 6.15. The Morgan fingerprint density at radius 3 is 2.42 bits per heavy atom. The third kappa shape index (κ3) is 3.65. The number of halogens is 2. The van der Waals surface area contributed by atoms with Gasteiger partial charge in [0.05, 0.1) is 7.11 Å². The minimum Gasteiger partial charge on any atom is -0.496 e. The topological polar surface area (TPSA) is 24.5 Å². The van der Waals surface area contributed by atoms with Crippen molar-refractivity contribution in [3.63, 3.8) is 0 Å². The number of hydrogen-bond acceptors (Lipinski definition) is 3. The largest absolute Gasteiger partial charge is 0.496 e. The van der Waals surface area contributed by atoms with Gasteiger partial charge in [0.15, 0.2) is 0 Å². The summed E-state index contributed by atoms with van der Waals surface area (Å²) in [6, 6.07) is 13.6. The predicted molar refractivity (Wildman–Crippen MR) is 105 cm³/mol. The average Bonchev–Trinajstić information content (AvgIpc) is 3.41. The Kier molecular flexibility index (Phi) is 6.76. The number of fused-ring (bicyclic) bond motifs is 1. The smallest absolute Gasteiger partial charge is 0.124 e. The summed E-state index contributed by atoms with van der Waals surface area (Å²) >= 11 is 0. The third-order valence-corrected chi connectivity index (χ3v) is 5.06. The third-order valence-electron chi connectivity index (χ3n) is 5.06. The molecule has 2 aromatic carbocycles. The van der Waals surface area contributed by atoms with Gasteiger partial charge in [-0.15, -0.1) is 24.8 Å². The Morgan fingerprint density at radius 1 is 1.04 bits per heavy atom. The minimum absolute atomic E-state index is 0. The number of ether oxygens (including phenoxy) is 1. The van der Waals surface area contributed by atoms with Gasteiger partial charge in [0.25, 0.3) is 0 Å². The maximum Gasteiger partial charge on any atom is 0.124 e.